The van der Waals surface area contributed by atoms with Crippen LogP contribution in [0.2, 0.25) is 0 Å². The van der Waals surface area contributed by atoms with E-state index in [9.17, 15) is 9.59 Å². The van der Waals surface area contributed by atoms with E-state index in [4.69, 9.17) is 4.74 Å². The number of nitrogens with zero attached hydrogens (tertiary/aromatic N) is 1. The number of ether oxygens (including phenoxy) is 1. The fraction of sp³-hybridized carbons (Fsp3) is 0.263. The van der Waals surface area contributed by atoms with Gasteiger partial charge < -0.3 is 15.0 Å². The molecule has 2 amide bonds. The Bertz CT molecular complexity index is 695. The average molecular weight is 324 g/mol. The van der Waals surface area contributed by atoms with E-state index in [-0.39, 0.29) is 12.1 Å². The lowest BCUT2D eigenvalue weighted by molar-refractivity contribution is 0.107. The van der Waals surface area contributed by atoms with Crippen molar-refractivity contribution in [2.45, 2.75) is 18.9 Å². The Morgan fingerprint density at radius 1 is 1.04 bits per heavy atom. The quantitative estimate of drug-likeness (QED) is 0.875. The number of amides is 2. The Balaban J connectivity index is 1.52. The lowest BCUT2D eigenvalue weighted by Crippen LogP contribution is -2.43. The van der Waals surface area contributed by atoms with Crippen LogP contribution in [0.5, 0.6) is 5.75 Å². The number of likely N-dealkylation sites (tertiary alicyclic amines) is 1. The molecule has 1 aliphatic heterocycles. The predicted octanol–water partition coefficient (Wildman–Crippen LogP) is 3.57. The van der Waals surface area contributed by atoms with Gasteiger partial charge in [-0.05, 0) is 24.3 Å². The van der Waals surface area contributed by atoms with Crippen molar-refractivity contribution in [2.75, 3.05) is 18.4 Å². The molecule has 2 aromatic carbocycles. The molecule has 0 bridgehead atoms. The summed E-state index contributed by atoms with van der Waals surface area (Å²) < 4.78 is 5.93. The van der Waals surface area contributed by atoms with Crippen LogP contribution in [-0.4, -0.2) is 36.4 Å². The van der Waals surface area contributed by atoms with Crippen LogP contribution in [0.15, 0.2) is 54.6 Å². The van der Waals surface area contributed by atoms with Gasteiger partial charge in [0.1, 0.15) is 11.9 Å². The fourth-order valence-electron chi connectivity index (χ4n) is 2.77. The van der Waals surface area contributed by atoms with Crippen molar-refractivity contribution in [3.63, 3.8) is 0 Å². The van der Waals surface area contributed by atoms with E-state index in [2.05, 4.69) is 5.32 Å². The normalized spacial score (nSPS) is 14.9. The maximum atomic E-state index is 12.3. The molecule has 0 radical (unpaired) electrons. The van der Waals surface area contributed by atoms with E-state index in [0.29, 0.717) is 24.4 Å². The Morgan fingerprint density at radius 3 is 2.42 bits per heavy atom. The molecule has 2 aromatic rings. The van der Waals surface area contributed by atoms with Crippen LogP contribution < -0.4 is 10.1 Å². The molecule has 1 heterocycles. The molecule has 5 heteroatoms. The number of benzene rings is 2. The molecule has 1 aliphatic rings. The molecule has 0 spiro atoms. The molecule has 1 saturated heterocycles. The van der Waals surface area contributed by atoms with Gasteiger partial charge in [-0.25, -0.2) is 4.79 Å². The topological polar surface area (TPSA) is 58.6 Å². The van der Waals surface area contributed by atoms with Gasteiger partial charge in [-0.3, -0.25) is 4.79 Å². The van der Waals surface area contributed by atoms with Gasteiger partial charge >= 0.3 is 6.03 Å². The molecule has 24 heavy (non-hydrogen) atoms. The highest BCUT2D eigenvalue weighted by Gasteiger charge is 2.24. The molecule has 0 unspecified atom stereocenters. The lowest BCUT2D eigenvalue weighted by atomic mass is 10.1. The molecule has 0 saturated carbocycles. The SMILES string of the molecule is O=Cc1ccccc1OC1CCN(C(=O)Nc2ccccc2)CC1. The number of hydrogen-bond acceptors (Lipinski definition) is 3. The minimum atomic E-state index is -0.0899. The first kappa shape index (κ1) is 16.1. The number of hydrogen-bond donors (Lipinski definition) is 1. The van der Waals surface area contributed by atoms with Crippen LogP contribution in [0, 0.1) is 0 Å². The molecule has 5 nitrogen and oxygen atoms in total. The van der Waals surface area contributed by atoms with Gasteiger partial charge in [0.15, 0.2) is 6.29 Å². The summed E-state index contributed by atoms with van der Waals surface area (Å²) in [4.78, 5) is 25.1. The van der Waals surface area contributed by atoms with Gasteiger partial charge in [0.25, 0.3) is 0 Å². The predicted molar refractivity (Wildman–Crippen MR) is 92.5 cm³/mol. The molecule has 0 atom stereocenters. The highest BCUT2D eigenvalue weighted by molar-refractivity contribution is 5.89. The van der Waals surface area contributed by atoms with Gasteiger partial charge in [-0.15, -0.1) is 0 Å². The zero-order chi connectivity index (χ0) is 16.8. The van der Waals surface area contributed by atoms with Gasteiger partial charge in [-0.1, -0.05) is 30.3 Å². The first-order valence-electron chi connectivity index (χ1n) is 8.08. The number of urea groups is 1. The Labute approximate surface area is 141 Å². The molecule has 1 fully saturated rings. The van der Waals surface area contributed by atoms with E-state index in [0.717, 1.165) is 24.8 Å². The summed E-state index contributed by atoms with van der Waals surface area (Å²) in [6.07, 6.45) is 2.31. The summed E-state index contributed by atoms with van der Waals surface area (Å²) in [7, 11) is 0. The van der Waals surface area contributed by atoms with Crippen LogP contribution in [-0.2, 0) is 0 Å². The van der Waals surface area contributed by atoms with Crippen LogP contribution in [0.1, 0.15) is 23.2 Å². The minimum absolute atomic E-state index is 0.0203. The minimum Gasteiger partial charge on any atom is -0.490 e. The summed E-state index contributed by atoms with van der Waals surface area (Å²) in [5.74, 6) is 0.611. The van der Waals surface area contributed by atoms with Crippen molar-refractivity contribution in [2.24, 2.45) is 0 Å². The maximum Gasteiger partial charge on any atom is 0.321 e. The number of carbonyl (C=O) groups excluding carboxylic acids is 2. The second-order valence-electron chi connectivity index (χ2n) is 5.76. The lowest BCUT2D eigenvalue weighted by Gasteiger charge is -2.32. The van der Waals surface area contributed by atoms with Crippen LogP contribution >= 0.6 is 0 Å². The Kier molecular flexibility index (Phi) is 5.11. The van der Waals surface area contributed by atoms with Crippen LogP contribution in [0.3, 0.4) is 0 Å². The summed E-state index contributed by atoms with van der Waals surface area (Å²) in [6, 6.07) is 16.5. The molecular formula is C19H20N2O3. The van der Waals surface area contributed by atoms with Crippen molar-refractivity contribution in [3.8, 4) is 5.75 Å². The number of para-hydroxylation sites is 2. The van der Waals surface area contributed by atoms with E-state index >= 15 is 0 Å². The van der Waals surface area contributed by atoms with Crippen molar-refractivity contribution in [1.29, 1.82) is 0 Å². The third-order valence-corrected chi connectivity index (χ3v) is 4.09. The smallest absolute Gasteiger partial charge is 0.321 e. The first-order valence-corrected chi connectivity index (χ1v) is 8.08. The van der Waals surface area contributed by atoms with Crippen LogP contribution in [0.4, 0.5) is 10.5 Å². The number of rotatable bonds is 4. The summed E-state index contributed by atoms with van der Waals surface area (Å²) in [5, 5.41) is 2.89. The molecule has 124 valence electrons. The largest absolute Gasteiger partial charge is 0.490 e. The van der Waals surface area contributed by atoms with E-state index < -0.39 is 0 Å². The Hall–Kier alpha value is -2.82. The van der Waals surface area contributed by atoms with Gasteiger partial charge in [0.05, 0.1) is 5.56 Å². The second kappa shape index (κ2) is 7.64. The second-order valence-corrected chi connectivity index (χ2v) is 5.76. The monoisotopic (exact) mass is 324 g/mol. The fourth-order valence-corrected chi connectivity index (χ4v) is 2.77. The molecule has 3 rings (SSSR count). The van der Waals surface area contributed by atoms with Crippen LogP contribution in [0.25, 0.3) is 0 Å². The highest BCUT2D eigenvalue weighted by Crippen LogP contribution is 2.22. The summed E-state index contributed by atoms with van der Waals surface area (Å²) in [5.41, 5.74) is 1.35. The van der Waals surface area contributed by atoms with Crippen molar-refractivity contribution in [3.05, 3.63) is 60.2 Å². The van der Waals surface area contributed by atoms with Gasteiger partial charge in [-0.2, -0.15) is 0 Å². The zero-order valence-electron chi connectivity index (χ0n) is 13.4. The van der Waals surface area contributed by atoms with E-state index in [1.807, 2.05) is 42.5 Å². The third kappa shape index (κ3) is 3.93. The molecule has 0 aromatic heterocycles. The van der Waals surface area contributed by atoms with Gasteiger partial charge in [0, 0.05) is 31.6 Å². The zero-order valence-corrected chi connectivity index (χ0v) is 13.4. The standard InChI is InChI=1S/C19H20N2O3/c22-14-15-6-4-5-9-18(15)24-17-10-12-21(13-11-17)19(23)20-16-7-2-1-3-8-16/h1-9,14,17H,10-13H2,(H,20,23). The molecular weight excluding hydrogens is 304 g/mol. The first-order chi connectivity index (χ1) is 11.8. The van der Waals surface area contributed by atoms with Crippen molar-refractivity contribution >= 4 is 18.0 Å². The maximum absolute atomic E-state index is 12.3. The van der Waals surface area contributed by atoms with Crippen molar-refractivity contribution in [1.82, 2.24) is 4.90 Å². The van der Waals surface area contributed by atoms with E-state index in [1.54, 1.807) is 17.0 Å². The van der Waals surface area contributed by atoms with E-state index in [1.165, 1.54) is 0 Å². The van der Waals surface area contributed by atoms with Crippen molar-refractivity contribution < 1.29 is 14.3 Å². The number of aldehydes is 1. The number of piperidine rings is 1. The highest BCUT2D eigenvalue weighted by atomic mass is 16.5. The Morgan fingerprint density at radius 2 is 1.71 bits per heavy atom. The van der Waals surface area contributed by atoms with Gasteiger partial charge in [0.2, 0.25) is 0 Å². The number of nitrogens with one attached hydrogen (secondary N) is 1. The molecule has 1 N–H and O–H groups in total. The molecule has 0 aliphatic carbocycles. The number of carbonyl (C=O) groups is 2. The average Bonchev–Trinajstić information content (AvgIpc) is 2.63. The summed E-state index contributed by atoms with van der Waals surface area (Å²) in [6.45, 7) is 1.26. The number of anilines is 1. The summed E-state index contributed by atoms with van der Waals surface area (Å²) >= 11 is 0. The third-order valence-electron chi connectivity index (χ3n) is 4.09.